The molecule has 1 unspecified atom stereocenters. The zero-order valence-electron chi connectivity index (χ0n) is 19.6. The molecule has 0 aromatic carbocycles. The lowest BCUT2D eigenvalue weighted by atomic mass is 9.45. The molecule has 4 aliphatic rings. The van der Waals surface area contributed by atoms with E-state index in [1.165, 1.54) is 19.6 Å². The molecule has 0 spiro atoms. The number of aliphatic hydroxyl groups excluding tert-OH is 1. The van der Waals surface area contributed by atoms with Crippen LogP contribution in [0.5, 0.6) is 0 Å². The smallest absolute Gasteiger partial charge is 0.303 e. The Balaban J connectivity index is 1.69. The van der Waals surface area contributed by atoms with E-state index >= 15 is 0 Å². The molecule has 4 aliphatic carbocycles. The second-order valence-corrected chi connectivity index (χ2v) is 10.7. The summed E-state index contributed by atoms with van der Waals surface area (Å²) in [6, 6.07) is 0. The maximum Gasteiger partial charge on any atom is 0.303 e. The summed E-state index contributed by atoms with van der Waals surface area (Å²) in [5.74, 6) is -0.0644. The summed E-state index contributed by atoms with van der Waals surface area (Å²) >= 11 is 0. The lowest BCUT2D eigenvalue weighted by molar-refractivity contribution is -0.217. The van der Waals surface area contributed by atoms with Crippen molar-refractivity contribution >= 4 is 17.5 Å². The first-order chi connectivity index (χ1) is 15.1. The van der Waals surface area contributed by atoms with Crippen LogP contribution in [0.2, 0.25) is 0 Å². The maximum atomic E-state index is 13.4. The normalized spacial score (nSPS) is 43.0. The van der Waals surface area contributed by atoms with Crippen molar-refractivity contribution in [2.24, 2.45) is 28.6 Å². The summed E-state index contributed by atoms with van der Waals surface area (Å²) in [4.78, 5) is 36.9. The van der Waals surface area contributed by atoms with E-state index < -0.39 is 23.1 Å². The van der Waals surface area contributed by atoms with E-state index in [0.29, 0.717) is 19.3 Å². The van der Waals surface area contributed by atoms with Crippen LogP contribution < -0.4 is 0 Å². The van der Waals surface area contributed by atoms with Gasteiger partial charge in [0.25, 0.3) is 0 Å². The molecule has 4 rings (SSSR count). The topological polar surface area (TPSA) is 99.1 Å². The Kier molecular flexibility index (Phi) is 6.14. The van der Waals surface area contributed by atoms with Crippen molar-refractivity contribution < 1.29 is 33.7 Å². The van der Waals surface area contributed by atoms with Gasteiger partial charge in [0.1, 0.15) is 12.4 Å². The van der Waals surface area contributed by atoms with E-state index in [0.717, 1.165) is 25.7 Å². The highest BCUT2D eigenvalue weighted by Crippen LogP contribution is 2.68. The molecule has 0 bridgehead atoms. The molecule has 0 aliphatic heterocycles. The quantitative estimate of drug-likeness (QED) is 0.493. The van der Waals surface area contributed by atoms with Gasteiger partial charge in [-0.1, -0.05) is 19.4 Å². The van der Waals surface area contributed by atoms with Gasteiger partial charge in [-0.05, 0) is 67.8 Å². The van der Waals surface area contributed by atoms with E-state index in [1.807, 2.05) is 6.08 Å². The Morgan fingerprint density at radius 1 is 1.19 bits per heavy atom. The first kappa shape index (κ1) is 23.6. The molecule has 1 N–H and O–H groups in total. The fraction of sp³-hybridized carbons (Fsp3) is 0.800. The number of aliphatic hydroxyl groups is 1. The summed E-state index contributed by atoms with van der Waals surface area (Å²) in [6.07, 6.45) is 6.04. The minimum atomic E-state index is -1.16. The number of ether oxygens (including phenoxy) is 3. The van der Waals surface area contributed by atoms with Gasteiger partial charge < -0.3 is 19.3 Å². The maximum absolute atomic E-state index is 13.4. The van der Waals surface area contributed by atoms with Crippen LogP contribution in [-0.2, 0) is 28.6 Å². The van der Waals surface area contributed by atoms with Crippen molar-refractivity contribution in [1.29, 1.82) is 0 Å². The van der Waals surface area contributed by atoms with Crippen LogP contribution in [0, 0.1) is 28.6 Å². The molecular formula is C25H36O7. The van der Waals surface area contributed by atoms with Gasteiger partial charge in [0.05, 0.1) is 6.10 Å². The second-order valence-electron chi connectivity index (χ2n) is 10.7. The zero-order chi connectivity index (χ0) is 23.3. The predicted molar refractivity (Wildman–Crippen MR) is 115 cm³/mol. The summed E-state index contributed by atoms with van der Waals surface area (Å²) in [7, 11) is 1.52. The van der Waals surface area contributed by atoms with Crippen LogP contribution in [0.25, 0.3) is 0 Å². The predicted octanol–water partition coefficient (Wildman–Crippen LogP) is 2.98. The number of hydrogen-bond acceptors (Lipinski definition) is 7. The van der Waals surface area contributed by atoms with Crippen molar-refractivity contribution in [3.8, 4) is 0 Å². The third-order valence-electron chi connectivity index (χ3n) is 9.30. The lowest BCUT2D eigenvalue weighted by Gasteiger charge is -2.61. The van der Waals surface area contributed by atoms with Crippen LogP contribution in [-0.4, -0.2) is 54.9 Å². The fourth-order valence-electron chi connectivity index (χ4n) is 7.89. The van der Waals surface area contributed by atoms with E-state index in [1.54, 1.807) is 0 Å². The summed E-state index contributed by atoms with van der Waals surface area (Å²) < 4.78 is 16.4. The largest absolute Gasteiger partial charge is 0.458 e. The molecule has 3 fully saturated rings. The Morgan fingerprint density at radius 3 is 2.62 bits per heavy atom. The van der Waals surface area contributed by atoms with Crippen molar-refractivity contribution in [2.75, 3.05) is 20.5 Å². The minimum absolute atomic E-state index is 0.0367. The molecule has 3 saturated carbocycles. The molecule has 32 heavy (non-hydrogen) atoms. The van der Waals surface area contributed by atoms with Crippen molar-refractivity contribution in [3.05, 3.63) is 11.6 Å². The van der Waals surface area contributed by atoms with Crippen LogP contribution in [0.1, 0.15) is 65.7 Å². The van der Waals surface area contributed by atoms with Gasteiger partial charge in [-0.3, -0.25) is 14.4 Å². The number of fused-ring (bicyclic) bond motifs is 5. The minimum Gasteiger partial charge on any atom is -0.458 e. The number of Topliss-reactive ketones (excluding diaryl/α,β-unsaturated/α-hetero) is 1. The SMILES string of the molecule is COCO[C@]1(C(=O)COC(C)=O)CC[C@H]2[C@@H]3CCC4=CC(=O)CC[C@]4(C)[C@H]3C(O)C[C@@]21C. The number of esters is 1. The van der Waals surface area contributed by atoms with Gasteiger partial charge in [0.2, 0.25) is 5.78 Å². The number of rotatable bonds is 6. The molecule has 0 amide bonds. The molecule has 0 heterocycles. The lowest BCUT2D eigenvalue weighted by Crippen LogP contribution is -2.63. The second kappa shape index (κ2) is 8.33. The monoisotopic (exact) mass is 448 g/mol. The first-order valence-electron chi connectivity index (χ1n) is 11.8. The Bertz CT molecular complexity index is 834. The molecule has 0 aromatic rings. The van der Waals surface area contributed by atoms with Crippen molar-refractivity contribution in [1.82, 2.24) is 0 Å². The van der Waals surface area contributed by atoms with Gasteiger partial charge in [0, 0.05) is 25.9 Å². The van der Waals surface area contributed by atoms with Crippen LogP contribution in [0.4, 0.5) is 0 Å². The van der Waals surface area contributed by atoms with Gasteiger partial charge in [0.15, 0.2) is 12.4 Å². The number of carbonyl (C=O) groups excluding carboxylic acids is 3. The number of carbonyl (C=O) groups is 3. The molecule has 0 aromatic heterocycles. The molecule has 7 nitrogen and oxygen atoms in total. The molecule has 7 atom stereocenters. The average Bonchev–Trinajstić information content (AvgIpc) is 3.03. The summed E-state index contributed by atoms with van der Waals surface area (Å²) in [6.45, 7) is 5.18. The highest BCUT2D eigenvalue weighted by Gasteiger charge is 2.69. The highest BCUT2D eigenvalue weighted by molar-refractivity contribution is 5.92. The Labute approximate surface area is 189 Å². The van der Waals surface area contributed by atoms with E-state index in [4.69, 9.17) is 14.2 Å². The zero-order valence-corrected chi connectivity index (χ0v) is 19.6. The van der Waals surface area contributed by atoms with Crippen molar-refractivity contribution in [3.63, 3.8) is 0 Å². The Morgan fingerprint density at radius 2 is 1.94 bits per heavy atom. The number of methoxy groups -OCH3 is 1. The summed E-state index contributed by atoms with van der Waals surface area (Å²) in [5.41, 5.74) is -0.749. The van der Waals surface area contributed by atoms with Gasteiger partial charge >= 0.3 is 5.97 Å². The Hall–Kier alpha value is -1.57. The van der Waals surface area contributed by atoms with Crippen LogP contribution >= 0.6 is 0 Å². The average molecular weight is 449 g/mol. The van der Waals surface area contributed by atoms with Crippen molar-refractivity contribution in [2.45, 2.75) is 77.4 Å². The van der Waals surface area contributed by atoms with Crippen LogP contribution in [0.15, 0.2) is 11.6 Å². The summed E-state index contributed by atoms with van der Waals surface area (Å²) in [5, 5.41) is 11.5. The molecule has 0 radical (unpaired) electrons. The van der Waals surface area contributed by atoms with Gasteiger partial charge in [-0.25, -0.2) is 0 Å². The van der Waals surface area contributed by atoms with E-state index in [-0.39, 0.29) is 48.1 Å². The third kappa shape index (κ3) is 3.39. The van der Waals surface area contributed by atoms with Gasteiger partial charge in [-0.15, -0.1) is 0 Å². The molecular weight excluding hydrogens is 412 g/mol. The molecule has 7 heteroatoms. The highest BCUT2D eigenvalue weighted by atomic mass is 16.7. The number of hydrogen-bond donors (Lipinski definition) is 1. The fourth-order valence-corrected chi connectivity index (χ4v) is 7.89. The number of allylic oxidation sites excluding steroid dienone is 1. The van der Waals surface area contributed by atoms with E-state index in [9.17, 15) is 19.5 Å². The third-order valence-corrected chi connectivity index (χ3v) is 9.30. The standard InChI is InChI=1S/C25H36O7/c1-15(26)31-13-21(29)25(32-14-30-4)10-8-19-18-6-5-16-11-17(27)7-9-23(16,2)22(18)20(28)12-24(19,25)3/h11,18-20,22,28H,5-10,12-14H2,1-4H3/t18-,19-,20?,22+,23-,24-,25-/m0/s1. The van der Waals surface area contributed by atoms with Gasteiger partial charge in [-0.2, -0.15) is 0 Å². The molecule has 178 valence electrons. The number of ketones is 2. The molecule has 0 saturated heterocycles. The van der Waals surface area contributed by atoms with Crippen LogP contribution in [0.3, 0.4) is 0 Å². The van der Waals surface area contributed by atoms with E-state index in [2.05, 4.69) is 13.8 Å². The first-order valence-corrected chi connectivity index (χ1v) is 11.8.